The molecule has 0 saturated heterocycles. The molecule has 1 aliphatic rings. The average Bonchev–Trinajstić information content (AvgIpc) is 2.36. The van der Waals surface area contributed by atoms with E-state index in [1.165, 1.54) is 0 Å². The Morgan fingerprint density at radius 2 is 2.55 bits per heavy atom. The number of halogens is 1. The molecule has 0 bridgehead atoms. The van der Waals surface area contributed by atoms with Crippen molar-refractivity contribution in [1.29, 1.82) is 0 Å². The van der Waals surface area contributed by atoms with E-state index in [0.29, 0.717) is 0 Å². The van der Waals surface area contributed by atoms with Crippen LogP contribution in [-0.4, -0.2) is 10.9 Å². The zero-order valence-corrected chi connectivity index (χ0v) is 7.69. The fourth-order valence-electron chi connectivity index (χ4n) is 0.981. The molecule has 0 radical (unpaired) electrons. The Hall–Kier alpha value is -0.730. The van der Waals surface area contributed by atoms with Crippen molar-refractivity contribution in [3.05, 3.63) is 34.2 Å². The van der Waals surface area contributed by atoms with Gasteiger partial charge in [0, 0.05) is 4.91 Å². The molecule has 0 aromatic carbocycles. The number of hydrogen-bond acceptors (Lipinski definition) is 1. The van der Waals surface area contributed by atoms with Crippen molar-refractivity contribution in [3.63, 3.8) is 0 Å². The van der Waals surface area contributed by atoms with Gasteiger partial charge in [0.25, 0.3) is 0 Å². The van der Waals surface area contributed by atoms with E-state index in [-0.39, 0.29) is 10.9 Å². The lowest BCUT2D eigenvalue weighted by Gasteiger charge is -2.09. The first kappa shape index (κ1) is 8.37. The number of hydrogen-bond donors (Lipinski definition) is 0. The summed E-state index contributed by atoms with van der Waals surface area (Å²) in [4.78, 5) is 2.99. The van der Waals surface area contributed by atoms with Gasteiger partial charge in [0.1, 0.15) is 0 Å². The summed E-state index contributed by atoms with van der Waals surface area (Å²) < 4.78 is 0. The molecule has 4 heteroatoms. The van der Waals surface area contributed by atoms with E-state index < -0.39 is 0 Å². The highest BCUT2D eigenvalue weighted by Gasteiger charge is 2.15. The van der Waals surface area contributed by atoms with Gasteiger partial charge >= 0.3 is 0 Å². The molecule has 11 heavy (non-hydrogen) atoms. The summed E-state index contributed by atoms with van der Waals surface area (Å²) in [7, 11) is 0. The molecule has 1 rings (SSSR count). The van der Waals surface area contributed by atoms with Crippen LogP contribution in [0.1, 0.15) is 6.92 Å². The van der Waals surface area contributed by atoms with Crippen molar-refractivity contribution < 1.29 is 0 Å². The second kappa shape index (κ2) is 3.60. The standard InChI is InChI=1S/C7H8BrN3/c1-5(10-11-9)6-3-2-4-7(6)8/h2-5,7H,1H3/t5-,7?/m0/s1. The minimum Gasteiger partial charge on any atom is -0.0865 e. The van der Waals surface area contributed by atoms with Gasteiger partial charge in [0.2, 0.25) is 0 Å². The second-order valence-electron chi connectivity index (χ2n) is 2.33. The summed E-state index contributed by atoms with van der Waals surface area (Å²) in [6.45, 7) is 1.88. The van der Waals surface area contributed by atoms with Crippen molar-refractivity contribution in [3.8, 4) is 0 Å². The molecule has 0 spiro atoms. The SMILES string of the molecule is C[C@H](N=[N+]=[N-])C1=CC=CC1Br. The first-order chi connectivity index (χ1) is 5.25. The Kier molecular flexibility index (Phi) is 2.74. The van der Waals surface area contributed by atoms with Crippen LogP contribution in [0.25, 0.3) is 10.4 Å². The van der Waals surface area contributed by atoms with Crippen LogP contribution < -0.4 is 0 Å². The van der Waals surface area contributed by atoms with E-state index in [9.17, 15) is 0 Å². The van der Waals surface area contributed by atoms with E-state index in [2.05, 4.69) is 26.0 Å². The van der Waals surface area contributed by atoms with Gasteiger partial charge in [-0.2, -0.15) is 0 Å². The number of azide groups is 1. The zero-order chi connectivity index (χ0) is 8.27. The molecule has 1 aliphatic carbocycles. The molecule has 0 fully saturated rings. The number of allylic oxidation sites excluding steroid dienone is 3. The quantitative estimate of drug-likeness (QED) is 0.293. The maximum atomic E-state index is 8.18. The summed E-state index contributed by atoms with van der Waals surface area (Å²) in [5.41, 5.74) is 9.29. The van der Waals surface area contributed by atoms with Crippen molar-refractivity contribution >= 4 is 15.9 Å². The van der Waals surface area contributed by atoms with Crippen LogP contribution in [0, 0.1) is 0 Å². The van der Waals surface area contributed by atoms with Gasteiger partial charge in [-0.3, -0.25) is 0 Å². The van der Waals surface area contributed by atoms with Gasteiger partial charge in [-0.25, -0.2) is 0 Å². The lowest BCUT2D eigenvalue weighted by Crippen LogP contribution is -2.07. The van der Waals surface area contributed by atoms with Crippen LogP contribution in [0.2, 0.25) is 0 Å². The van der Waals surface area contributed by atoms with Crippen LogP contribution in [0.15, 0.2) is 28.9 Å². The molecular weight excluding hydrogens is 206 g/mol. The van der Waals surface area contributed by atoms with Crippen LogP contribution in [0.4, 0.5) is 0 Å². The molecule has 0 N–H and O–H groups in total. The first-order valence-electron chi connectivity index (χ1n) is 3.32. The highest BCUT2D eigenvalue weighted by Crippen LogP contribution is 2.24. The number of rotatable bonds is 2. The lowest BCUT2D eigenvalue weighted by atomic mass is 10.1. The second-order valence-corrected chi connectivity index (χ2v) is 3.32. The fourth-order valence-corrected chi connectivity index (χ4v) is 1.69. The molecule has 0 amide bonds. The highest BCUT2D eigenvalue weighted by molar-refractivity contribution is 9.09. The molecule has 0 aliphatic heterocycles. The minimum absolute atomic E-state index is 0.0561. The van der Waals surface area contributed by atoms with Crippen molar-refractivity contribution in [2.45, 2.75) is 17.8 Å². The van der Waals surface area contributed by atoms with Gasteiger partial charge < -0.3 is 0 Å². The molecule has 1 unspecified atom stereocenters. The largest absolute Gasteiger partial charge is 0.0865 e. The summed E-state index contributed by atoms with van der Waals surface area (Å²) in [5, 5.41) is 3.60. The Bertz CT molecular complexity index is 250. The van der Waals surface area contributed by atoms with Crippen LogP contribution in [-0.2, 0) is 0 Å². The van der Waals surface area contributed by atoms with Gasteiger partial charge in [-0.05, 0) is 11.1 Å². The number of nitrogens with zero attached hydrogens (tertiary/aromatic N) is 3. The molecule has 0 saturated carbocycles. The summed E-state index contributed by atoms with van der Waals surface area (Å²) in [5.74, 6) is 0. The summed E-state index contributed by atoms with van der Waals surface area (Å²) >= 11 is 3.44. The lowest BCUT2D eigenvalue weighted by molar-refractivity contribution is 0.839. The molecule has 2 atom stereocenters. The fraction of sp³-hybridized carbons (Fsp3) is 0.429. The topological polar surface area (TPSA) is 48.8 Å². The van der Waals surface area contributed by atoms with Gasteiger partial charge in [-0.15, -0.1) is 0 Å². The predicted molar refractivity (Wildman–Crippen MR) is 48.5 cm³/mol. The van der Waals surface area contributed by atoms with E-state index >= 15 is 0 Å². The van der Waals surface area contributed by atoms with E-state index in [0.717, 1.165) is 5.57 Å². The third kappa shape index (κ3) is 1.85. The Labute approximate surface area is 73.5 Å². The van der Waals surface area contributed by atoms with Crippen molar-refractivity contribution in [2.24, 2.45) is 5.11 Å². The Balaban J connectivity index is 2.69. The smallest absolute Gasteiger partial charge is 0.0573 e. The van der Waals surface area contributed by atoms with Crippen LogP contribution >= 0.6 is 15.9 Å². The number of alkyl halides is 1. The van der Waals surface area contributed by atoms with Gasteiger partial charge in [0.05, 0.1) is 10.9 Å². The molecule has 58 valence electrons. The first-order valence-corrected chi connectivity index (χ1v) is 4.24. The van der Waals surface area contributed by atoms with Gasteiger partial charge in [0.15, 0.2) is 0 Å². The highest BCUT2D eigenvalue weighted by atomic mass is 79.9. The molecule has 3 nitrogen and oxygen atoms in total. The third-order valence-electron chi connectivity index (χ3n) is 1.59. The zero-order valence-electron chi connectivity index (χ0n) is 6.11. The van der Waals surface area contributed by atoms with Gasteiger partial charge in [-0.1, -0.05) is 46.2 Å². The molecular formula is C7H8BrN3. The van der Waals surface area contributed by atoms with Crippen molar-refractivity contribution in [1.82, 2.24) is 0 Å². The minimum atomic E-state index is -0.0561. The maximum Gasteiger partial charge on any atom is 0.0573 e. The van der Waals surface area contributed by atoms with E-state index in [1.807, 2.05) is 25.2 Å². The van der Waals surface area contributed by atoms with E-state index in [1.54, 1.807) is 0 Å². The monoisotopic (exact) mass is 213 g/mol. The van der Waals surface area contributed by atoms with Crippen LogP contribution in [0.5, 0.6) is 0 Å². The molecule has 0 aromatic heterocycles. The van der Waals surface area contributed by atoms with Crippen molar-refractivity contribution in [2.75, 3.05) is 0 Å². The maximum absolute atomic E-state index is 8.18. The van der Waals surface area contributed by atoms with Crippen LogP contribution in [0.3, 0.4) is 0 Å². The molecule has 0 aromatic rings. The molecule has 0 heterocycles. The predicted octanol–water partition coefficient (Wildman–Crippen LogP) is 2.94. The third-order valence-corrected chi connectivity index (χ3v) is 2.43. The Morgan fingerprint density at radius 1 is 1.82 bits per heavy atom. The average molecular weight is 214 g/mol. The normalized spacial score (nSPS) is 24.2. The van der Waals surface area contributed by atoms with E-state index in [4.69, 9.17) is 5.53 Å². The Morgan fingerprint density at radius 3 is 3.00 bits per heavy atom. The summed E-state index contributed by atoms with van der Waals surface area (Å²) in [6.07, 6.45) is 5.94. The summed E-state index contributed by atoms with van der Waals surface area (Å²) in [6, 6.07) is -0.0561.